The van der Waals surface area contributed by atoms with Crippen LogP contribution < -0.4 is 0 Å². The van der Waals surface area contributed by atoms with E-state index in [2.05, 4.69) is 190 Å². The van der Waals surface area contributed by atoms with Crippen LogP contribution in [0, 0.1) is 0 Å². The lowest BCUT2D eigenvalue weighted by molar-refractivity contribution is 0.642. The highest BCUT2D eigenvalue weighted by Gasteiger charge is 2.36. The molecule has 0 amide bonds. The number of pyridine rings is 3. The van der Waals surface area contributed by atoms with Gasteiger partial charge in [-0.3, -0.25) is 15.0 Å². The Balaban J connectivity index is 1.33. The quantitative estimate of drug-likeness (QED) is 0.154. The Morgan fingerprint density at radius 3 is 1.37 bits per heavy atom. The molecule has 0 spiro atoms. The van der Waals surface area contributed by atoms with Crippen molar-refractivity contribution in [1.29, 1.82) is 0 Å². The molecule has 0 radical (unpaired) electrons. The van der Waals surface area contributed by atoms with Crippen molar-refractivity contribution in [2.75, 3.05) is 0 Å². The van der Waals surface area contributed by atoms with Gasteiger partial charge >= 0.3 is 0 Å². The van der Waals surface area contributed by atoms with Crippen LogP contribution in [0.3, 0.4) is 0 Å². The first-order valence-electron chi connectivity index (χ1n) is 17.8. The molecule has 0 saturated carbocycles. The van der Waals surface area contributed by atoms with E-state index in [0.717, 1.165) is 50.6 Å². The van der Waals surface area contributed by atoms with Gasteiger partial charge in [0.2, 0.25) is 0 Å². The monoisotopic (exact) mass is 669 g/mol. The molecule has 3 nitrogen and oxygen atoms in total. The lowest BCUT2D eigenvalue weighted by Gasteiger charge is -2.32. The molecule has 0 saturated heterocycles. The highest BCUT2D eigenvalue weighted by molar-refractivity contribution is 5.73. The number of hydrogen-bond acceptors (Lipinski definition) is 3. The van der Waals surface area contributed by atoms with Crippen LogP contribution in [0.15, 0.2) is 200 Å². The second kappa shape index (κ2) is 14.0. The van der Waals surface area contributed by atoms with Gasteiger partial charge in [-0.05, 0) is 101 Å². The third-order valence-electron chi connectivity index (χ3n) is 10.4. The van der Waals surface area contributed by atoms with Gasteiger partial charge in [-0.2, -0.15) is 0 Å². The minimum absolute atomic E-state index is 0.547. The molecule has 0 fully saturated rings. The Morgan fingerprint density at radius 2 is 0.788 bits per heavy atom. The molecule has 8 rings (SSSR count). The molecular formula is C49H39N3. The fourth-order valence-electron chi connectivity index (χ4n) is 7.34. The number of hydrogen-bond donors (Lipinski definition) is 0. The first-order valence-corrected chi connectivity index (χ1v) is 17.8. The first kappa shape index (κ1) is 32.7. The SMILES string of the molecule is CC(c1cccc(-c2ccccc2)c1)(c1cccc(-c2cc(-c3ccccc3)cc(C(C)(c3ccccc3)c3ccccn3)n2)c1)c1ccccn1. The standard InChI is InChI=1S/C49H39N3/c1-48(45-28-12-14-30-50-45,42-26-16-22-38(32-42)36-18-6-3-7-19-36)43-27-17-23-39(33-43)44-34-40(37-20-8-4-9-21-37)35-47(52-44)49(2,41-24-10-5-11-25-41)46-29-13-15-31-51-46/h3-35H,1-2H3. The first-order chi connectivity index (χ1) is 25.5. The molecule has 3 heteroatoms. The fraction of sp³-hybridized carbons (Fsp3) is 0.0816. The Hall–Kier alpha value is -6.45. The summed E-state index contributed by atoms with van der Waals surface area (Å²) in [5.41, 5.74) is 11.7. The molecule has 0 N–H and O–H groups in total. The second-order valence-corrected chi connectivity index (χ2v) is 13.6. The summed E-state index contributed by atoms with van der Waals surface area (Å²) in [6.45, 7) is 4.52. The zero-order valence-electron chi connectivity index (χ0n) is 29.4. The summed E-state index contributed by atoms with van der Waals surface area (Å²) < 4.78 is 0. The minimum atomic E-state index is -0.611. The largest absolute Gasteiger partial charge is 0.260 e. The Kier molecular flexibility index (Phi) is 8.84. The molecule has 2 unspecified atom stereocenters. The van der Waals surface area contributed by atoms with Gasteiger partial charge in [0.1, 0.15) is 0 Å². The van der Waals surface area contributed by atoms with Gasteiger partial charge in [-0.15, -0.1) is 0 Å². The van der Waals surface area contributed by atoms with Gasteiger partial charge in [0.25, 0.3) is 0 Å². The highest BCUT2D eigenvalue weighted by atomic mass is 14.8. The Bertz CT molecular complexity index is 2370. The molecule has 8 aromatic rings. The van der Waals surface area contributed by atoms with Crippen molar-refractivity contribution in [3.63, 3.8) is 0 Å². The maximum absolute atomic E-state index is 5.52. The van der Waals surface area contributed by atoms with Gasteiger partial charge in [-0.25, -0.2) is 0 Å². The van der Waals surface area contributed by atoms with E-state index in [1.54, 1.807) is 0 Å². The molecule has 0 aliphatic heterocycles. The van der Waals surface area contributed by atoms with E-state index in [0.29, 0.717) is 0 Å². The second-order valence-electron chi connectivity index (χ2n) is 13.6. The number of nitrogens with zero attached hydrogens (tertiary/aromatic N) is 3. The molecular weight excluding hydrogens is 631 g/mol. The molecule has 5 aromatic carbocycles. The summed E-state index contributed by atoms with van der Waals surface area (Å²) in [4.78, 5) is 15.4. The van der Waals surface area contributed by atoms with Crippen molar-refractivity contribution in [1.82, 2.24) is 15.0 Å². The van der Waals surface area contributed by atoms with Gasteiger partial charge in [0.05, 0.1) is 33.6 Å². The maximum atomic E-state index is 5.52. The summed E-state index contributed by atoms with van der Waals surface area (Å²) in [6, 6.07) is 66.2. The Morgan fingerprint density at radius 1 is 0.327 bits per heavy atom. The zero-order chi connectivity index (χ0) is 35.4. The van der Waals surface area contributed by atoms with Crippen molar-refractivity contribution in [3.8, 4) is 33.5 Å². The van der Waals surface area contributed by atoms with Crippen LogP contribution in [-0.4, -0.2) is 15.0 Å². The van der Waals surface area contributed by atoms with Crippen LogP contribution in [0.25, 0.3) is 33.5 Å². The van der Waals surface area contributed by atoms with Crippen LogP contribution in [-0.2, 0) is 10.8 Å². The molecule has 250 valence electrons. The number of rotatable bonds is 9. The molecule has 3 heterocycles. The highest BCUT2D eigenvalue weighted by Crippen LogP contribution is 2.42. The van der Waals surface area contributed by atoms with E-state index in [9.17, 15) is 0 Å². The van der Waals surface area contributed by atoms with Crippen LogP contribution >= 0.6 is 0 Å². The minimum Gasteiger partial charge on any atom is -0.260 e. The third kappa shape index (κ3) is 6.12. The smallest absolute Gasteiger partial charge is 0.0768 e. The molecule has 2 atom stereocenters. The lowest BCUT2D eigenvalue weighted by atomic mass is 9.72. The molecule has 0 aliphatic carbocycles. The van der Waals surface area contributed by atoms with E-state index < -0.39 is 10.8 Å². The predicted molar refractivity (Wildman–Crippen MR) is 213 cm³/mol. The van der Waals surface area contributed by atoms with E-state index in [-0.39, 0.29) is 0 Å². The van der Waals surface area contributed by atoms with Crippen molar-refractivity contribution in [2.45, 2.75) is 24.7 Å². The van der Waals surface area contributed by atoms with E-state index in [4.69, 9.17) is 15.0 Å². The van der Waals surface area contributed by atoms with E-state index in [1.165, 1.54) is 16.7 Å². The Labute approximate surface area is 306 Å². The predicted octanol–water partition coefficient (Wildman–Crippen LogP) is 11.6. The van der Waals surface area contributed by atoms with Gasteiger partial charge in [0, 0.05) is 18.0 Å². The summed E-state index contributed by atoms with van der Waals surface area (Å²) in [7, 11) is 0. The topological polar surface area (TPSA) is 38.7 Å². The van der Waals surface area contributed by atoms with E-state index in [1.807, 2.05) is 24.5 Å². The summed E-state index contributed by atoms with van der Waals surface area (Å²) in [5.74, 6) is 0. The third-order valence-corrected chi connectivity index (χ3v) is 10.4. The van der Waals surface area contributed by atoms with Gasteiger partial charge in [0.15, 0.2) is 0 Å². The molecule has 3 aromatic heterocycles. The van der Waals surface area contributed by atoms with Crippen LogP contribution in [0.2, 0.25) is 0 Å². The van der Waals surface area contributed by atoms with Crippen LogP contribution in [0.5, 0.6) is 0 Å². The molecule has 0 aliphatic rings. The fourth-order valence-corrected chi connectivity index (χ4v) is 7.34. The normalized spacial score (nSPS) is 13.5. The number of aromatic nitrogens is 3. The summed E-state index contributed by atoms with van der Waals surface area (Å²) in [5, 5.41) is 0. The van der Waals surface area contributed by atoms with Crippen molar-refractivity contribution in [2.24, 2.45) is 0 Å². The molecule has 0 bridgehead atoms. The zero-order valence-corrected chi connectivity index (χ0v) is 29.4. The summed E-state index contributed by atoms with van der Waals surface area (Å²) in [6.07, 6.45) is 3.75. The van der Waals surface area contributed by atoms with Gasteiger partial charge in [-0.1, -0.05) is 140 Å². The lowest BCUT2D eigenvalue weighted by Crippen LogP contribution is -2.28. The number of benzene rings is 5. The average Bonchev–Trinajstić information content (AvgIpc) is 3.24. The molecule has 52 heavy (non-hydrogen) atoms. The van der Waals surface area contributed by atoms with Gasteiger partial charge < -0.3 is 0 Å². The van der Waals surface area contributed by atoms with Crippen molar-refractivity contribution < 1.29 is 0 Å². The van der Waals surface area contributed by atoms with Crippen molar-refractivity contribution in [3.05, 3.63) is 234 Å². The van der Waals surface area contributed by atoms with Crippen LogP contribution in [0.4, 0.5) is 0 Å². The van der Waals surface area contributed by atoms with Crippen LogP contribution in [0.1, 0.15) is 47.6 Å². The summed E-state index contributed by atoms with van der Waals surface area (Å²) >= 11 is 0. The van der Waals surface area contributed by atoms with E-state index >= 15 is 0 Å². The maximum Gasteiger partial charge on any atom is 0.0768 e. The van der Waals surface area contributed by atoms with Crippen molar-refractivity contribution >= 4 is 0 Å². The average molecular weight is 670 g/mol.